The van der Waals surface area contributed by atoms with Gasteiger partial charge in [0.05, 0.1) is 19.3 Å². The summed E-state index contributed by atoms with van der Waals surface area (Å²) < 4.78 is 4.88. The van der Waals surface area contributed by atoms with Crippen molar-refractivity contribution in [2.45, 2.75) is 19.9 Å². The molecule has 1 amide bonds. The number of fused-ring (bicyclic) bond motifs is 2. The molecular weight excluding hydrogens is 354 g/mol. The Kier molecular flexibility index (Phi) is 4.88. The van der Waals surface area contributed by atoms with Crippen molar-refractivity contribution in [3.8, 4) is 0 Å². The second-order valence-corrected chi connectivity index (χ2v) is 7.34. The first kappa shape index (κ1) is 18.3. The van der Waals surface area contributed by atoms with Gasteiger partial charge >= 0.3 is 5.97 Å². The number of quaternary nitrogens is 1. The van der Waals surface area contributed by atoms with Crippen molar-refractivity contribution in [3.05, 3.63) is 64.8 Å². The van der Waals surface area contributed by atoms with Crippen molar-refractivity contribution < 1.29 is 19.2 Å². The number of benzene rings is 2. The molecule has 1 atom stereocenters. The van der Waals surface area contributed by atoms with Gasteiger partial charge in [-0.25, -0.2) is 4.79 Å². The summed E-state index contributed by atoms with van der Waals surface area (Å²) in [4.78, 5) is 29.3. The number of aromatic amines is 1. The Morgan fingerprint density at radius 1 is 1.18 bits per heavy atom. The van der Waals surface area contributed by atoms with Crippen molar-refractivity contribution in [1.29, 1.82) is 0 Å². The van der Waals surface area contributed by atoms with Crippen LogP contribution in [0.2, 0.25) is 0 Å². The lowest BCUT2D eigenvalue weighted by atomic mass is 10.00. The third kappa shape index (κ3) is 3.51. The molecule has 2 aromatic carbocycles. The van der Waals surface area contributed by atoms with Gasteiger partial charge in [-0.3, -0.25) is 4.79 Å². The van der Waals surface area contributed by atoms with Crippen LogP contribution in [0.4, 0.5) is 5.69 Å². The number of H-pyrrole nitrogens is 1. The highest BCUT2D eigenvalue weighted by molar-refractivity contribution is 6.11. The molecule has 0 bridgehead atoms. The molecule has 3 N–H and O–H groups in total. The number of hydrogen-bond acceptors (Lipinski definition) is 3. The summed E-state index contributed by atoms with van der Waals surface area (Å²) in [5.41, 5.74) is 5.28. The van der Waals surface area contributed by atoms with Gasteiger partial charge in [0.15, 0.2) is 6.54 Å². The molecule has 0 fully saturated rings. The first-order valence-corrected chi connectivity index (χ1v) is 9.46. The lowest BCUT2D eigenvalue weighted by molar-refractivity contribution is -0.907. The van der Waals surface area contributed by atoms with Crippen molar-refractivity contribution >= 4 is 28.5 Å². The van der Waals surface area contributed by atoms with Crippen LogP contribution in [-0.4, -0.2) is 37.1 Å². The Bertz CT molecular complexity index is 1050. The van der Waals surface area contributed by atoms with E-state index in [1.54, 1.807) is 0 Å². The van der Waals surface area contributed by atoms with E-state index in [0.717, 1.165) is 36.0 Å². The lowest BCUT2D eigenvalue weighted by Crippen LogP contribution is -3.12. The van der Waals surface area contributed by atoms with Gasteiger partial charge < -0.3 is 19.9 Å². The number of esters is 1. The van der Waals surface area contributed by atoms with Gasteiger partial charge in [0.2, 0.25) is 0 Å². The van der Waals surface area contributed by atoms with E-state index in [1.165, 1.54) is 23.1 Å². The minimum absolute atomic E-state index is 0.109. The number of amides is 1. The maximum absolute atomic E-state index is 12.8. The second kappa shape index (κ2) is 7.48. The van der Waals surface area contributed by atoms with Crippen LogP contribution < -0.4 is 10.2 Å². The fourth-order valence-electron chi connectivity index (χ4n) is 3.90. The van der Waals surface area contributed by atoms with E-state index in [9.17, 15) is 9.59 Å². The average Bonchev–Trinajstić information content (AvgIpc) is 3.04. The van der Waals surface area contributed by atoms with Gasteiger partial charge in [-0.1, -0.05) is 35.9 Å². The normalized spacial score (nSPS) is 15.9. The number of rotatable bonds is 4. The summed E-state index contributed by atoms with van der Waals surface area (Å²) in [5, 5.41) is 3.77. The van der Waals surface area contributed by atoms with Crippen molar-refractivity contribution in [2.24, 2.45) is 0 Å². The standard InChI is InChI=1S/C22H23N3O3/c1-14-7-8-18-17(11-14)20(21(23-18)22(27)28-2)24-19(26)13-25-10-9-15-5-3-4-6-16(15)12-25/h3-8,11,23H,9-10,12-13H2,1-2H3,(H,24,26)/p+1. The Morgan fingerprint density at radius 2 is 1.96 bits per heavy atom. The predicted octanol–water partition coefficient (Wildman–Crippen LogP) is 1.84. The molecule has 0 saturated carbocycles. The molecule has 1 aliphatic heterocycles. The van der Waals surface area contributed by atoms with Gasteiger partial charge in [-0.05, 0) is 24.6 Å². The van der Waals surface area contributed by atoms with E-state index in [4.69, 9.17) is 4.74 Å². The molecule has 0 aliphatic carbocycles. The highest BCUT2D eigenvalue weighted by atomic mass is 16.5. The fourth-order valence-corrected chi connectivity index (χ4v) is 3.90. The average molecular weight is 378 g/mol. The molecular formula is C22H24N3O3+. The van der Waals surface area contributed by atoms with Crippen LogP contribution in [0.3, 0.4) is 0 Å². The summed E-state index contributed by atoms with van der Waals surface area (Å²) in [5.74, 6) is -0.606. The fraction of sp³-hybridized carbons (Fsp3) is 0.273. The quantitative estimate of drug-likeness (QED) is 0.607. The summed E-state index contributed by atoms with van der Waals surface area (Å²) in [6, 6.07) is 14.2. The number of aryl methyl sites for hydroxylation is 1. The molecule has 0 radical (unpaired) electrons. The summed E-state index contributed by atoms with van der Waals surface area (Å²) in [6.45, 7) is 4.08. The predicted molar refractivity (Wildman–Crippen MR) is 108 cm³/mol. The van der Waals surface area contributed by atoms with Gasteiger partial charge in [0.1, 0.15) is 12.2 Å². The number of aromatic nitrogens is 1. The van der Waals surface area contributed by atoms with Crippen LogP contribution in [0.1, 0.15) is 27.2 Å². The first-order chi connectivity index (χ1) is 13.5. The Morgan fingerprint density at radius 3 is 2.75 bits per heavy atom. The molecule has 1 unspecified atom stereocenters. The summed E-state index contributed by atoms with van der Waals surface area (Å²) in [6.07, 6.45) is 0.971. The Labute approximate surface area is 163 Å². The highest BCUT2D eigenvalue weighted by Gasteiger charge is 2.24. The van der Waals surface area contributed by atoms with Crippen LogP contribution in [0, 0.1) is 6.92 Å². The van der Waals surface area contributed by atoms with Crippen LogP contribution in [0.5, 0.6) is 0 Å². The van der Waals surface area contributed by atoms with Crippen LogP contribution in [-0.2, 0) is 22.5 Å². The lowest BCUT2D eigenvalue weighted by Gasteiger charge is -2.25. The molecule has 3 aromatic rings. The number of ether oxygens (including phenoxy) is 1. The van der Waals surface area contributed by atoms with E-state index in [-0.39, 0.29) is 11.6 Å². The zero-order chi connectivity index (χ0) is 19.7. The van der Waals surface area contributed by atoms with Gasteiger partial charge in [-0.15, -0.1) is 0 Å². The van der Waals surface area contributed by atoms with Crippen molar-refractivity contribution in [3.63, 3.8) is 0 Å². The number of hydrogen-bond donors (Lipinski definition) is 3. The minimum Gasteiger partial charge on any atom is -0.464 e. The molecule has 144 valence electrons. The highest BCUT2D eigenvalue weighted by Crippen LogP contribution is 2.29. The van der Waals surface area contributed by atoms with Crippen molar-refractivity contribution in [2.75, 3.05) is 25.5 Å². The minimum atomic E-state index is -0.497. The number of anilines is 1. The number of carbonyl (C=O) groups excluding carboxylic acids is 2. The van der Waals surface area contributed by atoms with E-state index in [2.05, 4.69) is 28.5 Å². The second-order valence-electron chi connectivity index (χ2n) is 7.34. The Hall–Kier alpha value is -3.12. The van der Waals surface area contributed by atoms with E-state index in [1.807, 2.05) is 31.2 Å². The topological polar surface area (TPSA) is 75.6 Å². The maximum Gasteiger partial charge on any atom is 0.356 e. The molecule has 6 nitrogen and oxygen atoms in total. The van der Waals surface area contributed by atoms with Crippen LogP contribution in [0.25, 0.3) is 10.9 Å². The molecule has 0 saturated heterocycles. The maximum atomic E-state index is 12.8. The molecule has 6 heteroatoms. The van der Waals surface area contributed by atoms with E-state index in [0.29, 0.717) is 12.2 Å². The number of nitrogens with one attached hydrogen (secondary N) is 3. The number of methoxy groups -OCH3 is 1. The SMILES string of the molecule is COC(=O)c1[nH]c2ccc(C)cc2c1NC(=O)C[NH+]1CCc2ccccc2C1. The van der Waals surface area contributed by atoms with Crippen LogP contribution in [0.15, 0.2) is 42.5 Å². The Balaban J connectivity index is 1.55. The van der Waals surface area contributed by atoms with E-state index >= 15 is 0 Å². The molecule has 0 spiro atoms. The third-order valence-corrected chi connectivity index (χ3v) is 5.33. The molecule has 2 heterocycles. The molecule has 28 heavy (non-hydrogen) atoms. The smallest absolute Gasteiger partial charge is 0.356 e. The molecule has 1 aromatic heterocycles. The largest absolute Gasteiger partial charge is 0.464 e. The summed E-state index contributed by atoms with van der Waals surface area (Å²) >= 11 is 0. The third-order valence-electron chi connectivity index (χ3n) is 5.33. The first-order valence-electron chi connectivity index (χ1n) is 9.46. The zero-order valence-electron chi connectivity index (χ0n) is 16.1. The van der Waals surface area contributed by atoms with Crippen LogP contribution >= 0.6 is 0 Å². The monoisotopic (exact) mass is 378 g/mol. The van der Waals surface area contributed by atoms with Gasteiger partial charge in [-0.2, -0.15) is 0 Å². The van der Waals surface area contributed by atoms with Crippen molar-refractivity contribution in [1.82, 2.24) is 4.98 Å². The molecule has 1 aliphatic rings. The molecule has 4 rings (SSSR count). The van der Waals surface area contributed by atoms with Gasteiger partial charge in [0, 0.05) is 22.9 Å². The number of carbonyl (C=O) groups is 2. The summed E-state index contributed by atoms with van der Waals surface area (Å²) in [7, 11) is 1.33. The van der Waals surface area contributed by atoms with Gasteiger partial charge in [0.25, 0.3) is 5.91 Å². The zero-order valence-corrected chi connectivity index (χ0v) is 16.1. The van der Waals surface area contributed by atoms with E-state index < -0.39 is 5.97 Å².